The van der Waals surface area contributed by atoms with E-state index in [4.69, 9.17) is 0 Å². The van der Waals surface area contributed by atoms with Gasteiger partial charge in [0.15, 0.2) is 0 Å². The van der Waals surface area contributed by atoms with E-state index in [2.05, 4.69) is 34.8 Å². The first-order valence-corrected chi connectivity index (χ1v) is 7.00. The monoisotopic (exact) mass is 276 g/mol. The van der Waals surface area contributed by atoms with Crippen molar-refractivity contribution < 1.29 is 0 Å². The summed E-state index contributed by atoms with van der Waals surface area (Å²) in [6, 6.07) is 12.3. The third kappa shape index (κ3) is 3.99. The number of benzene rings is 1. The minimum absolute atomic E-state index is 0.771. The Bertz CT molecular complexity index is 692. The molecule has 2 aromatic rings. The van der Waals surface area contributed by atoms with Crippen molar-refractivity contribution in [3.05, 3.63) is 72.6 Å². The first-order chi connectivity index (χ1) is 10.1. The number of pyridine rings is 1. The molecule has 0 radical (unpaired) electrons. The quantitative estimate of drug-likeness (QED) is 0.716. The summed E-state index contributed by atoms with van der Waals surface area (Å²) < 4.78 is 0. The van der Waals surface area contributed by atoms with Crippen LogP contribution in [0.5, 0.6) is 0 Å². The first kappa shape index (κ1) is 14.9. The van der Waals surface area contributed by atoms with Gasteiger partial charge in [-0.1, -0.05) is 36.9 Å². The molecule has 0 amide bonds. The van der Waals surface area contributed by atoms with Gasteiger partial charge in [-0.15, -0.1) is 0 Å². The van der Waals surface area contributed by atoms with Crippen molar-refractivity contribution in [2.75, 3.05) is 0 Å². The molecule has 0 atom stereocenters. The van der Waals surface area contributed by atoms with Gasteiger partial charge in [0.2, 0.25) is 0 Å². The molecule has 0 aliphatic carbocycles. The van der Waals surface area contributed by atoms with Crippen LogP contribution in [0.1, 0.15) is 25.1 Å². The maximum atomic E-state index is 4.51. The molecule has 0 bridgehead atoms. The van der Waals surface area contributed by atoms with Crippen LogP contribution in [-0.2, 0) is 0 Å². The average molecular weight is 276 g/mol. The zero-order chi connectivity index (χ0) is 15.2. The lowest BCUT2D eigenvalue weighted by molar-refractivity contribution is 1.20. The molecule has 0 saturated heterocycles. The maximum absolute atomic E-state index is 4.51. The number of hydrogen-bond donors (Lipinski definition) is 0. The van der Waals surface area contributed by atoms with Gasteiger partial charge in [0.25, 0.3) is 0 Å². The van der Waals surface area contributed by atoms with Gasteiger partial charge in [-0.25, -0.2) is 0 Å². The largest absolute Gasteiger partial charge is 0.261 e. The Morgan fingerprint density at radius 2 is 2.00 bits per heavy atom. The summed E-state index contributed by atoms with van der Waals surface area (Å²) in [5.41, 5.74) is 5.99. The van der Waals surface area contributed by atoms with Gasteiger partial charge in [-0.3, -0.25) is 9.98 Å². The van der Waals surface area contributed by atoms with Crippen LogP contribution in [0.2, 0.25) is 0 Å². The third-order valence-electron chi connectivity index (χ3n) is 3.16. The van der Waals surface area contributed by atoms with Crippen molar-refractivity contribution >= 4 is 11.4 Å². The van der Waals surface area contributed by atoms with Gasteiger partial charge >= 0.3 is 0 Å². The molecule has 2 heteroatoms. The number of nitrogens with zero attached hydrogens (tertiary/aromatic N) is 2. The molecule has 0 fully saturated rings. The third-order valence-corrected chi connectivity index (χ3v) is 3.16. The van der Waals surface area contributed by atoms with E-state index in [9.17, 15) is 0 Å². The molecule has 0 saturated carbocycles. The SMILES string of the molecule is C=C(N=C(C)/C=C\C)c1cccc(-c2ccc(C)nc2)c1. The van der Waals surface area contributed by atoms with Crippen LogP contribution >= 0.6 is 0 Å². The second kappa shape index (κ2) is 6.80. The molecule has 0 unspecified atom stereocenters. The predicted octanol–water partition coefficient (Wildman–Crippen LogP) is 5.06. The zero-order valence-electron chi connectivity index (χ0n) is 12.8. The smallest absolute Gasteiger partial charge is 0.0633 e. The molecule has 0 N–H and O–H groups in total. The molecule has 1 aromatic carbocycles. The van der Waals surface area contributed by atoms with E-state index in [1.54, 1.807) is 0 Å². The van der Waals surface area contributed by atoms with Crippen molar-refractivity contribution in [1.29, 1.82) is 0 Å². The van der Waals surface area contributed by atoms with Gasteiger partial charge in [0.05, 0.1) is 5.70 Å². The van der Waals surface area contributed by atoms with Crippen LogP contribution in [0.3, 0.4) is 0 Å². The van der Waals surface area contributed by atoms with E-state index >= 15 is 0 Å². The number of allylic oxidation sites excluding steroid dienone is 2. The Balaban J connectivity index is 2.31. The Morgan fingerprint density at radius 3 is 2.67 bits per heavy atom. The van der Waals surface area contributed by atoms with Gasteiger partial charge in [0, 0.05) is 28.7 Å². The number of aromatic nitrogens is 1. The van der Waals surface area contributed by atoms with Crippen molar-refractivity contribution in [3.63, 3.8) is 0 Å². The molecule has 0 aliphatic heterocycles. The molecule has 106 valence electrons. The summed E-state index contributed by atoms with van der Waals surface area (Å²) in [6.07, 6.45) is 5.84. The molecule has 1 heterocycles. The molecular weight excluding hydrogens is 256 g/mol. The van der Waals surface area contributed by atoms with Crippen molar-refractivity contribution in [3.8, 4) is 11.1 Å². The lowest BCUT2D eigenvalue weighted by atomic mass is 10.0. The fourth-order valence-electron chi connectivity index (χ4n) is 2.07. The molecule has 21 heavy (non-hydrogen) atoms. The highest BCUT2D eigenvalue weighted by Crippen LogP contribution is 2.23. The summed E-state index contributed by atoms with van der Waals surface area (Å²) in [5.74, 6) is 0. The number of aryl methyl sites for hydroxylation is 1. The summed E-state index contributed by atoms with van der Waals surface area (Å²) in [4.78, 5) is 8.85. The van der Waals surface area contributed by atoms with E-state index in [1.165, 1.54) is 0 Å². The van der Waals surface area contributed by atoms with Gasteiger partial charge < -0.3 is 0 Å². The number of hydrogen-bond acceptors (Lipinski definition) is 2. The summed E-state index contributed by atoms with van der Waals surface area (Å²) in [6.45, 7) is 10.00. The highest BCUT2D eigenvalue weighted by molar-refractivity contribution is 5.96. The molecule has 2 rings (SSSR count). The van der Waals surface area contributed by atoms with E-state index < -0.39 is 0 Å². The van der Waals surface area contributed by atoms with Crippen LogP contribution in [0.25, 0.3) is 16.8 Å². The summed E-state index contributed by atoms with van der Waals surface area (Å²) in [7, 11) is 0. The number of aliphatic imine (C=N–C) groups is 1. The minimum Gasteiger partial charge on any atom is -0.261 e. The maximum Gasteiger partial charge on any atom is 0.0633 e. The average Bonchev–Trinajstić information content (AvgIpc) is 2.48. The van der Waals surface area contributed by atoms with Crippen LogP contribution in [0, 0.1) is 6.92 Å². The zero-order valence-corrected chi connectivity index (χ0v) is 12.8. The van der Waals surface area contributed by atoms with Crippen LogP contribution in [-0.4, -0.2) is 10.7 Å². The van der Waals surface area contributed by atoms with Gasteiger partial charge in [-0.2, -0.15) is 0 Å². The normalized spacial score (nSPS) is 11.9. The Morgan fingerprint density at radius 1 is 1.19 bits per heavy atom. The lowest BCUT2D eigenvalue weighted by Gasteiger charge is -2.06. The van der Waals surface area contributed by atoms with Gasteiger partial charge in [-0.05, 0) is 44.5 Å². The van der Waals surface area contributed by atoms with E-state index in [0.717, 1.165) is 33.8 Å². The fourth-order valence-corrected chi connectivity index (χ4v) is 2.07. The van der Waals surface area contributed by atoms with Crippen molar-refractivity contribution in [2.45, 2.75) is 20.8 Å². The summed E-state index contributed by atoms with van der Waals surface area (Å²) >= 11 is 0. The van der Waals surface area contributed by atoms with E-state index in [0.29, 0.717) is 0 Å². The highest BCUT2D eigenvalue weighted by Gasteiger charge is 2.02. The van der Waals surface area contributed by atoms with Crippen LogP contribution < -0.4 is 0 Å². The van der Waals surface area contributed by atoms with Gasteiger partial charge in [0.1, 0.15) is 0 Å². The second-order valence-electron chi connectivity index (χ2n) is 4.97. The fraction of sp³-hybridized carbons (Fsp3) is 0.158. The standard InChI is InChI=1S/C19H20N2/c1-5-7-15(3)21-16(4)17-8-6-9-18(12-17)19-11-10-14(2)20-13-19/h5-13H,4H2,1-3H3/b7-5-,21-15?. The molecule has 2 nitrogen and oxygen atoms in total. The molecule has 0 spiro atoms. The second-order valence-corrected chi connectivity index (χ2v) is 4.97. The Kier molecular flexibility index (Phi) is 4.83. The van der Waals surface area contributed by atoms with Crippen LogP contribution in [0.15, 0.2) is 66.3 Å². The molecule has 0 aliphatic rings. The Hall–Kier alpha value is -2.48. The molecular formula is C19H20N2. The predicted molar refractivity (Wildman–Crippen MR) is 91.4 cm³/mol. The Labute approximate surface area is 126 Å². The summed E-state index contributed by atoms with van der Waals surface area (Å²) in [5, 5.41) is 0. The van der Waals surface area contributed by atoms with Crippen molar-refractivity contribution in [1.82, 2.24) is 4.98 Å². The highest BCUT2D eigenvalue weighted by atomic mass is 14.7. The van der Waals surface area contributed by atoms with E-state index in [-0.39, 0.29) is 0 Å². The first-order valence-electron chi connectivity index (χ1n) is 7.00. The number of rotatable bonds is 4. The minimum atomic E-state index is 0.771. The van der Waals surface area contributed by atoms with E-state index in [1.807, 2.05) is 57.3 Å². The lowest BCUT2D eigenvalue weighted by Crippen LogP contribution is -1.88. The topological polar surface area (TPSA) is 25.2 Å². The van der Waals surface area contributed by atoms with Crippen LogP contribution in [0.4, 0.5) is 0 Å². The molecule has 1 aromatic heterocycles. The van der Waals surface area contributed by atoms with Crippen molar-refractivity contribution in [2.24, 2.45) is 4.99 Å².